The fraction of sp³-hybridized carbons (Fsp3) is 0.500. The smallest absolute Gasteiger partial charge is 0.350 e. The van der Waals surface area contributed by atoms with Crippen LogP contribution in [0.15, 0.2) is 12.1 Å². The summed E-state index contributed by atoms with van der Waals surface area (Å²) >= 11 is 1.33. The molecule has 1 saturated carbocycles. The van der Waals surface area contributed by atoms with Gasteiger partial charge in [0, 0.05) is 23.9 Å². The number of carbonyl (C=O) groups excluding carboxylic acids is 2. The van der Waals surface area contributed by atoms with Crippen molar-refractivity contribution in [2.75, 3.05) is 17.7 Å². The molecule has 140 valence electrons. The molecule has 2 N–H and O–H groups in total. The third-order valence-electron chi connectivity index (χ3n) is 4.23. The number of carbonyl (C=O) groups is 2. The predicted molar refractivity (Wildman–Crippen MR) is 102 cm³/mol. The summed E-state index contributed by atoms with van der Waals surface area (Å²) in [5.74, 6) is 0.671. The fourth-order valence-electron chi connectivity index (χ4n) is 2.55. The van der Waals surface area contributed by atoms with Crippen LogP contribution in [0.2, 0.25) is 0 Å². The minimum Gasteiger partial charge on any atom is -0.465 e. The van der Waals surface area contributed by atoms with E-state index in [2.05, 4.69) is 36.5 Å². The summed E-state index contributed by atoms with van der Waals surface area (Å²) < 4.78 is 6.50. The summed E-state index contributed by atoms with van der Waals surface area (Å²) in [5, 5.41) is 9.99. The summed E-state index contributed by atoms with van der Waals surface area (Å²) in [6.07, 6.45) is 2.30. The Kier molecular flexibility index (Phi) is 4.79. The van der Waals surface area contributed by atoms with Gasteiger partial charge >= 0.3 is 12.0 Å². The van der Waals surface area contributed by atoms with Gasteiger partial charge in [0.25, 0.3) is 0 Å². The van der Waals surface area contributed by atoms with E-state index >= 15 is 0 Å². The largest absolute Gasteiger partial charge is 0.465 e. The molecule has 2 amide bonds. The Bertz CT molecular complexity index is 843. The molecule has 3 rings (SSSR count). The normalized spacial score (nSPS) is 14.2. The van der Waals surface area contributed by atoms with E-state index in [1.165, 1.54) is 18.4 Å². The first kappa shape index (κ1) is 18.4. The lowest BCUT2D eigenvalue weighted by Crippen LogP contribution is -2.22. The Morgan fingerprint density at radius 1 is 1.27 bits per heavy atom. The van der Waals surface area contributed by atoms with Crippen molar-refractivity contribution < 1.29 is 14.3 Å². The van der Waals surface area contributed by atoms with Crippen molar-refractivity contribution in [3.05, 3.63) is 27.6 Å². The van der Waals surface area contributed by atoms with Crippen molar-refractivity contribution in [2.24, 2.45) is 7.05 Å². The molecule has 1 fully saturated rings. The zero-order chi connectivity index (χ0) is 19.1. The molecule has 8 heteroatoms. The average molecular weight is 376 g/mol. The number of nitrogens with one attached hydrogen (secondary N) is 2. The molecule has 2 heterocycles. The number of rotatable bonds is 4. The summed E-state index contributed by atoms with van der Waals surface area (Å²) in [6, 6.07) is 3.31. The van der Waals surface area contributed by atoms with E-state index in [4.69, 9.17) is 4.74 Å². The first-order valence-electron chi connectivity index (χ1n) is 8.53. The van der Waals surface area contributed by atoms with Gasteiger partial charge in [-0.05, 0) is 24.3 Å². The van der Waals surface area contributed by atoms with Crippen LogP contribution < -0.4 is 10.6 Å². The van der Waals surface area contributed by atoms with Crippen molar-refractivity contribution in [3.8, 4) is 0 Å². The maximum atomic E-state index is 12.4. The predicted octanol–water partition coefficient (Wildman–Crippen LogP) is 4.09. The number of amides is 2. The summed E-state index contributed by atoms with van der Waals surface area (Å²) in [4.78, 5) is 25.9. The number of aromatic nitrogens is 2. The lowest BCUT2D eigenvalue weighted by molar-refractivity contribution is 0.0607. The molecule has 0 bridgehead atoms. The minimum absolute atomic E-state index is 0.134. The van der Waals surface area contributed by atoms with Crippen LogP contribution in [0.25, 0.3) is 0 Å². The first-order chi connectivity index (χ1) is 12.2. The minimum atomic E-state index is -0.461. The Hall–Kier alpha value is -2.35. The van der Waals surface area contributed by atoms with Crippen LogP contribution in [0, 0.1) is 0 Å². The highest BCUT2D eigenvalue weighted by molar-refractivity contribution is 7.14. The van der Waals surface area contributed by atoms with E-state index in [-0.39, 0.29) is 5.41 Å². The molecule has 0 atom stereocenters. The zero-order valence-corrected chi connectivity index (χ0v) is 16.5. The number of esters is 1. The van der Waals surface area contributed by atoms with Gasteiger partial charge in [-0.15, -0.1) is 11.3 Å². The molecular weight excluding hydrogens is 352 g/mol. The van der Waals surface area contributed by atoms with Crippen molar-refractivity contribution in [1.82, 2.24) is 9.78 Å². The SMILES string of the molecule is COC(=O)c1sc(C(C)(C)C)cc1NC(=O)Nc1cc(C2CC2)nn1C. The van der Waals surface area contributed by atoms with Gasteiger partial charge in [-0.25, -0.2) is 9.59 Å². The van der Waals surface area contributed by atoms with Gasteiger partial charge in [-0.2, -0.15) is 5.10 Å². The molecular formula is C18H24N4O3S. The van der Waals surface area contributed by atoms with Crippen molar-refractivity contribution in [3.63, 3.8) is 0 Å². The highest BCUT2D eigenvalue weighted by Gasteiger charge is 2.28. The Balaban J connectivity index is 1.78. The average Bonchev–Trinajstić information content (AvgIpc) is 3.22. The second-order valence-electron chi connectivity index (χ2n) is 7.53. The molecule has 0 aliphatic heterocycles. The molecule has 1 aliphatic carbocycles. The van der Waals surface area contributed by atoms with E-state index < -0.39 is 12.0 Å². The van der Waals surface area contributed by atoms with Crippen LogP contribution in [0.1, 0.15) is 59.8 Å². The lowest BCUT2D eigenvalue weighted by atomic mass is 9.94. The van der Waals surface area contributed by atoms with Crippen molar-refractivity contribution in [2.45, 2.75) is 44.9 Å². The van der Waals surface area contributed by atoms with Crippen LogP contribution in [-0.4, -0.2) is 28.9 Å². The number of thiophene rings is 1. The third-order valence-corrected chi connectivity index (χ3v) is 5.77. The maximum absolute atomic E-state index is 12.4. The van der Waals surface area contributed by atoms with Gasteiger partial charge in [0.15, 0.2) is 0 Å². The van der Waals surface area contributed by atoms with E-state index in [0.717, 1.165) is 23.4 Å². The fourth-order valence-corrected chi connectivity index (χ4v) is 3.64. The van der Waals surface area contributed by atoms with Crippen LogP contribution in [0.3, 0.4) is 0 Å². The molecule has 1 aliphatic rings. The standard InChI is InChI=1S/C18H24N4O3S/c1-18(2,3)13-8-12(15(26-13)16(23)25-5)19-17(24)20-14-9-11(10-6-7-10)21-22(14)4/h8-10H,6-7H2,1-5H3,(H2,19,20,24). The van der Waals surface area contributed by atoms with Gasteiger partial charge < -0.3 is 10.1 Å². The highest BCUT2D eigenvalue weighted by Crippen LogP contribution is 2.40. The lowest BCUT2D eigenvalue weighted by Gasteiger charge is -2.15. The summed E-state index contributed by atoms with van der Waals surface area (Å²) in [7, 11) is 3.13. The molecule has 0 radical (unpaired) electrons. The Morgan fingerprint density at radius 2 is 1.96 bits per heavy atom. The van der Waals surface area contributed by atoms with Gasteiger partial charge in [-0.1, -0.05) is 20.8 Å². The summed E-state index contributed by atoms with van der Waals surface area (Å²) in [5.41, 5.74) is 1.32. The van der Waals surface area contributed by atoms with E-state index in [0.29, 0.717) is 22.3 Å². The number of hydrogen-bond donors (Lipinski definition) is 2. The molecule has 0 aromatic carbocycles. The highest BCUT2D eigenvalue weighted by atomic mass is 32.1. The second kappa shape index (κ2) is 6.75. The van der Waals surface area contributed by atoms with Gasteiger partial charge in [0.2, 0.25) is 0 Å². The van der Waals surface area contributed by atoms with Crippen molar-refractivity contribution in [1.29, 1.82) is 0 Å². The molecule has 2 aromatic rings. The number of nitrogens with zero attached hydrogens (tertiary/aromatic N) is 2. The molecule has 2 aromatic heterocycles. The molecule has 0 unspecified atom stereocenters. The van der Waals surface area contributed by atoms with Gasteiger partial charge in [0.05, 0.1) is 18.5 Å². The van der Waals surface area contributed by atoms with E-state index in [1.54, 1.807) is 11.7 Å². The summed E-state index contributed by atoms with van der Waals surface area (Å²) in [6.45, 7) is 6.16. The monoisotopic (exact) mass is 376 g/mol. The van der Waals surface area contributed by atoms with Crippen LogP contribution >= 0.6 is 11.3 Å². The van der Waals surface area contributed by atoms with E-state index in [9.17, 15) is 9.59 Å². The number of urea groups is 1. The number of aryl methyl sites for hydroxylation is 1. The van der Waals surface area contributed by atoms with Gasteiger partial charge in [-0.3, -0.25) is 10.00 Å². The van der Waals surface area contributed by atoms with E-state index in [1.807, 2.05) is 12.1 Å². The zero-order valence-electron chi connectivity index (χ0n) is 15.7. The molecule has 7 nitrogen and oxygen atoms in total. The van der Waals surface area contributed by atoms with Crippen LogP contribution in [-0.2, 0) is 17.2 Å². The number of ether oxygens (including phenoxy) is 1. The first-order valence-corrected chi connectivity index (χ1v) is 9.35. The Labute approximate surface area is 156 Å². The quantitative estimate of drug-likeness (QED) is 0.787. The maximum Gasteiger partial charge on any atom is 0.350 e. The topological polar surface area (TPSA) is 85.2 Å². The van der Waals surface area contributed by atoms with Gasteiger partial charge in [0.1, 0.15) is 10.7 Å². The van der Waals surface area contributed by atoms with Crippen LogP contribution in [0.4, 0.5) is 16.3 Å². The van der Waals surface area contributed by atoms with Crippen molar-refractivity contribution >= 4 is 34.8 Å². The number of methoxy groups -OCH3 is 1. The Morgan fingerprint density at radius 3 is 2.54 bits per heavy atom. The molecule has 0 spiro atoms. The number of anilines is 2. The third kappa shape index (κ3) is 3.90. The molecule has 26 heavy (non-hydrogen) atoms. The number of hydrogen-bond acceptors (Lipinski definition) is 5. The molecule has 0 saturated heterocycles. The second-order valence-corrected chi connectivity index (χ2v) is 8.58. The van der Waals surface area contributed by atoms with Crippen LogP contribution in [0.5, 0.6) is 0 Å².